The number of hydrogen-bond acceptors (Lipinski definition) is 10. The second-order valence-corrected chi connectivity index (χ2v) is 15.0. The lowest BCUT2D eigenvalue weighted by molar-refractivity contribution is 0.00740. The summed E-state index contributed by atoms with van der Waals surface area (Å²) in [7, 11) is 0. The Balaban J connectivity index is 1.89. The Bertz CT molecular complexity index is 1570. The van der Waals surface area contributed by atoms with Crippen LogP contribution >= 0.6 is 0 Å². The van der Waals surface area contributed by atoms with Crippen LogP contribution in [0.3, 0.4) is 0 Å². The first-order chi connectivity index (χ1) is 22.3. The van der Waals surface area contributed by atoms with Gasteiger partial charge in [-0.1, -0.05) is 30.3 Å². The second-order valence-electron chi connectivity index (χ2n) is 15.0. The molecule has 4 rings (SSSR count). The summed E-state index contributed by atoms with van der Waals surface area (Å²) in [5.74, 6) is 0.0524. The molecule has 0 atom stereocenters. The first-order valence-corrected chi connectivity index (χ1v) is 16.2. The number of piperidine rings is 1. The standard InChI is InChI=1S/C35H49N5O8/c1-32(2,3)46-29(42)38-20-16-35(17-21-38,18-22-41)40-25-15-19-36-28(45-23-24-13-11-10-12-14-24)26(25)27(37-40)39(30(43)47-33(4,5)6)31(44)48-34(7,8)9/h10-15,19,41H,16-18,20-23H2,1-9H3. The van der Waals surface area contributed by atoms with Gasteiger partial charge in [-0.05, 0) is 93.2 Å². The van der Waals surface area contributed by atoms with E-state index < -0.39 is 40.6 Å². The predicted molar refractivity (Wildman–Crippen MR) is 180 cm³/mol. The van der Waals surface area contributed by atoms with Gasteiger partial charge in [0.15, 0.2) is 5.82 Å². The molecule has 1 aliphatic heterocycles. The lowest BCUT2D eigenvalue weighted by Crippen LogP contribution is -2.50. The van der Waals surface area contributed by atoms with E-state index in [1.54, 1.807) is 63.4 Å². The molecule has 0 bridgehead atoms. The average Bonchev–Trinajstić information content (AvgIpc) is 3.35. The molecule has 0 aliphatic carbocycles. The molecule has 3 heterocycles. The van der Waals surface area contributed by atoms with Crippen LogP contribution in [0, 0.1) is 0 Å². The van der Waals surface area contributed by atoms with Crippen molar-refractivity contribution in [2.24, 2.45) is 0 Å². The van der Waals surface area contributed by atoms with E-state index in [4.69, 9.17) is 24.0 Å². The number of amides is 3. The number of imide groups is 1. The molecule has 1 aromatic carbocycles. The third-order valence-electron chi connectivity index (χ3n) is 7.50. The van der Waals surface area contributed by atoms with Gasteiger partial charge < -0.3 is 29.0 Å². The molecule has 13 nitrogen and oxygen atoms in total. The Morgan fingerprint density at radius 1 is 0.854 bits per heavy atom. The SMILES string of the molecule is CC(C)(C)OC(=O)N1CCC(CCO)(n2nc(N(C(=O)OC(C)(C)C)C(=O)OC(C)(C)C)c3c(OCc4ccccc4)nccc32)CC1. The Labute approximate surface area is 282 Å². The highest BCUT2D eigenvalue weighted by Gasteiger charge is 2.43. The number of ether oxygens (including phenoxy) is 4. The molecule has 1 fully saturated rings. The smallest absolute Gasteiger partial charge is 0.425 e. The monoisotopic (exact) mass is 667 g/mol. The number of fused-ring (bicyclic) bond motifs is 1. The fourth-order valence-electron chi connectivity index (χ4n) is 5.44. The molecule has 2 aromatic heterocycles. The predicted octanol–water partition coefficient (Wildman–Crippen LogP) is 6.80. The van der Waals surface area contributed by atoms with Crippen molar-refractivity contribution in [2.45, 2.75) is 111 Å². The van der Waals surface area contributed by atoms with Crippen molar-refractivity contribution in [3.63, 3.8) is 0 Å². The van der Waals surface area contributed by atoms with E-state index in [1.807, 2.05) is 51.1 Å². The summed E-state index contributed by atoms with van der Waals surface area (Å²) in [6, 6.07) is 11.2. The molecular formula is C35H49N5O8. The molecule has 0 radical (unpaired) electrons. The number of aliphatic hydroxyl groups excluding tert-OH is 1. The number of benzene rings is 1. The van der Waals surface area contributed by atoms with E-state index >= 15 is 0 Å². The van der Waals surface area contributed by atoms with Gasteiger partial charge >= 0.3 is 18.3 Å². The zero-order valence-corrected chi connectivity index (χ0v) is 29.5. The van der Waals surface area contributed by atoms with Crippen molar-refractivity contribution in [2.75, 3.05) is 24.6 Å². The van der Waals surface area contributed by atoms with Gasteiger partial charge in [-0.2, -0.15) is 10.00 Å². The van der Waals surface area contributed by atoms with E-state index in [2.05, 4.69) is 4.98 Å². The molecule has 3 amide bonds. The van der Waals surface area contributed by atoms with E-state index in [1.165, 1.54) is 0 Å². The quantitative estimate of drug-likeness (QED) is 0.267. The zero-order valence-electron chi connectivity index (χ0n) is 29.5. The molecule has 1 aliphatic rings. The van der Waals surface area contributed by atoms with Crippen molar-refractivity contribution in [3.8, 4) is 5.88 Å². The topological polar surface area (TPSA) is 146 Å². The molecule has 0 unspecified atom stereocenters. The fraction of sp³-hybridized carbons (Fsp3) is 0.571. The normalized spacial score (nSPS) is 15.2. The van der Waals surface area contributed by atoms with Gasteiger partial charge in [0, 0.05) is 25.9 Å². The van der Waals surface area contributed by atoms with Crippen molar-refractivity contribution in [3.05, 3.63) is 48.2 Å². The summed E-state index contributed by atoms with van der Waals surface area (Å²) in [5, 5.41) is 15.5. The molecule has 48 heavy (non-hydrogen) atoms. The van der Waals surface area contributed by atoms with Crippen LogP contribution in [-0.2, 0) is 26.4 Å². The van der Waals surface area contributed by atoms with Gasteiger partial charge in [0.25, 0.3) is 0 Å². The Morgan fingerprint density at radius 2 is 1.42 bits per heavy atom. The summed E-state index contributed by atoms with van der Waals surface area (Å²) in [6.07, 6.45) is 0.266. The van der Waals surface area contributed by atoms with E-state index in [0.29, 0.717) is 31.4 Å². The maximum absolute atomic E-state index is 13.8. The number of carbonyl (C=O) groups is 3. The Hall–Kier alpha value is -4.39. The number of likely N-dealkylation sites (tertiary alicyclic amines) is 1. The molecule has 0 saturated carbocycles. The number of aliphatic hydroxyl groups is 1. The van der Waals surface area contributed by atoms with E-state index in [9.17, 15) is 19.5 Å². The molecule has 13 heteroatoms. The summed E-state index contributed by atoms with van der Waals surface area (Å²) >= 11 is 0. The molecule has 0 spiro atoms. The minimum absolute atomic E-state index is 0.0865. The maximum atomic E-state index is 13.8. The van der Waals surface area contributed by atoms with Crippen molar-refractivity contribution < 1.29 is 38.4 Å². The minimum Gasteiger partial charge on any atom is -0.472 e. The van der Waals surface area contributed by atoms with Crippen LogP contribution in [0.25, 0.3) is 10.9 Å². The highest BCUT2D eigenvalue weighted by Crippen LogP contribution is 2.42. The largest absolute Gasteiger partial charge is 0.472 e. The summed E-state index contributed by atoms with van der Waals surface area (Å²) < 4.78 is 24.9. The van der Waals surface area contributed by atoms with Gasteiger partial charge in [-0.15, -0.1) is 0 Å². The lowest BCUT2D eigenvalue weighted by atomic mass is 9.84. The first kappa shape index (κ1) is 36.4. The highest BCUT2D eigenvalue weighted by atomic mass is 16.6. The van der Waals surface area contributed by atoms with Crippen LogP contribution in [0.5, 0.6) is 5.88 Å². The molecular weight excluding hydrogens is 618 g/mol. The number of carbonyl (C=O) groups excluding carboxylic acids is 3. The van der Waals surface area contributed by atoms with Crippen molar-refractivity contribution >= 4 is 35.0 Å². The molecule has 1 saturated heterocycles. The number of nitrogens with zero attached hydrogens (tertiary/aromatic N) is 5. The summed E-state index contributed by atoms with van der Waals surface area (Å²) in [5.41, 5.74) is -1.97. The van der Waals surface area contributed by atoms with Gasteiger partial charge in [0.2, 0.25) is 5.88 Å². The Kier molecular flexibility index (Phi) is 10.6. The Morgan fingerprint density at radius 3 is 1.94 bits per heavy atom. The number of hydrogen-bond donors (Lipinski definition) is 1. The van der Waals surface area contributed by atoms with Crippen LogP contribution in [-0.4, -0.2) is 79.6 Å². The van der Waals surface area contributed by atoms with Crippen molar-refractivity contribution in [1.82, 2.24) is 19.7 Å². The third kappa shape index (κ3) is 8.94. The van der Waals surface area contributed by atoms with E-state index in [-0.39, 0.29) is 36.7 Å². The first-order valence-electron chi connectivity index (χ1n) is 16.2. The number of aromatic nitrogens is 3. The van der Waals surface area contributed by atoms with Gasteiger partial charge in [-0.3, -0.25) is 4.68 Å². The molecule has 3 aromatic rings. The highest BCUT2D eigenvalue weighted by molar-refractivity contribution is 6.14. The van der Waals surface area contributed by atoms with Crippen molar-refractivity contribution in [1.29, 1.82) is 0 Å². The van der Waals surface area contributed by atoms with Gasteiger partial charge in [0.05, 0.1) is 11.1 Å². The minimum atomic E-state index is -0.989. The molecule has 1 N–H and O–H groups in total. The van der Waals surface area contributed by atoms with Crippen LogP contribution in [0.4, 0.5) is 20.2 Å². The van der Waals surface area contributed by atoms with Gasteiger partial charge in [-0.25, -0.2) is 19.4 Å². The summed E-state index contributed by atoms with van der Waals surface area (Å²) in [6.45, 7) is 16.2. The summed E-state index contributed by atoms with van der Waals surface area (Å²) in [4.78, 5) is 47.5. The van der Waals surface area contributed by atoms with E-state index in [0.717, 1.165) is 10.5 Å². The maximum Gasteiger partial charge on any atom is 0.425 e. The number of anilines is 1. The zero-order chi connectivity index (χ0) is 35.5. The number of rotatable bonds is 7. The average molecular weight is 668 g/mol. The molecule has 262 valence electrons. The second kappa shape index (κ2) is 14.0. The lowest BCUT2D eigenvalue weighted by Gasteiger charge is -2.42. The van der Waals surface area contributed by atoms with Crippen LogP contribution in [0.1, 0.15) is 87.1 Å². The van der Waals surface area contributed by atoms with Crippen LogP contribution < -0.4 is 9.64 Å². The van der Waals surface area contributed by atoms with Crippen LogP contribution in [0.15, 0.2) is 42.6 Å². The third-order valence-corrected chi connectivity index (χ3v) is 7.50. The van der Waals surface area contributed by atoms with Crippen LogP contribution in [0.2, 0.25) is 0 Å². The number of pyridine rings is 1. The fourth-order valence-corrected chi connectivity index (χ4v) is 5.44. The van der Waals surface area contributed by atoms with Gasteiger partial charge in [0.1, 0.15) is 28.8 Å².